The number of rotatable bonds is 7. The van der Waals surface area contributed by atoms with Gasteiger partial charge in [-0.3, -0.25) is 9.59 Å². The molecule has 2 heterocycles. The molecular weight excluding hydrogens is 348 g/mol. The third-order valence-electron chi connectivity index (χ3n) is 5.32. The van der Waals surface area contributed by atoms with Gasteiger partial charge in [0.2, 0.25) is 11.8 Å². The van der Waals surface area contributed by atoms with Crippen LogP contribution in [0.3, 0.4) is 0 Å². The minimum absolute atomic E-state index is 0.0432. The third-order valence-corrected chi connectivity index (χ3v) is 5.32. The SMILES string of the molecule is COc1ccc(CCNC(=O)C2CC(=O)N(C3CCOCC3)C2)cc1OC. The van der Waals surface area contributed by atoms with E-state index in [2.05, 4.69) is 5.32 Å². The Kier molecular flexibility index (Phi) is 6.55. The molecule has 2 saturated heterocycles. The zero-order valence-electron chi connectivity index (χ0n) is 16.0. The lowest BCUT2D eigenvalue weighted by atomic mass is 10.1. The Morgan fingerprint density at radius 1 is 1.22 bits per heavy atom. The van der Waals surface area contributed by atoms with E-state index in [1.165, 1.54) is 0 Å². The van der Waals surface area contributed by atoms with Crippen LogP contribution in [0.1, 0.15) is 24.8 Å². The van der Waals surface area contributed by atoms with Crippen molar-refractivity contribution in [1.29, 1.82) is 0 Å². The molecule has 148 valence electrons. The van der Waals surface area contributed by atoms with Crippen LogP contribution in [0.25, 0.3) is 0 Å². The van der Waals surface area contributed by atoms with Crippen molar-refractivity contribution in [3.8, 4) is 11.5 Å². The number of carbonyl (C=O) groups is 2. The zero-order chi connectivity index (χ0) is 19.2. The highest BCUT2D eigenvalue weighted by Gasteiger charge is 2.38. The molecule has 1 N–H and O–H groups in total. The molecule has 1 unspecified atom stereocenters. The quantitative estimate of drug-likeness (QED) is 0.778. The van der Waals surface area contributed by atoms with Crippen molar-refractivity contribution in [3.63, 3.8) is 0 Å². The van der Waals surface area contributed by atoms with Crippen LogP contribution in [-0.2, 0) is 20.7 Å². The monoisotopic (exact) mass is 376 g/mol. The zero-order valence-corrected chi connectivity index (χ0v) is 16.0. The molecule has 7 nitrogen and oxygen atoms in total. The van der Waals surface area contributed by atoms with E-state index in [0.29, 0.717) is 50.6 Å². The lowest BCUT2D eigenvalue weighted by molar-refractivity contribution is -0.131. The summed E-state index contributed by atoms with van der Waals surface area (Å²) in [7, 11) is 3.20. The van der Waals surface area contributed by atoms with Gasteiger partial charge in [-0.05, 0) is 37.0 Å². The molecule has 27 heavy (non-hydrogen) atoms. The van der Waals surface area contributed by atoms with Crippen LogP contribution in [0.15, 0.2) is 18.2 Å². The Bertz CT molecular complexity index is 672. The average molecular weight is 376 g/mol. The highest BCUT2D eigenvalue weighted by Crippen LogP contribution is 2.28. The number of nitrogens with one attached hydrogen (secondary N) is 1. The molecular formula is C20H28N2O5. The molecule has 0 aromatic heterocycles. The van der Waals surface area contributed by atoms with Crippen LogP contribution in [0, 0.1) is 5.92 Å². The number of amides is 2. The Labute approximate surface area is 160 Å². The van der Waals surface area contributed by atoms with Gasteiger partial charge < -0.3 is 24.4 Å². The number of methoxy groups -OCH3 is 2. The fraction of sp³-hybridized carbons (Fsp3) is 0.600. The van der Waals surface area contributed by atoms with Gasteiger partial charge in [-0.2, -0.15) is 0 Å². The molecule has 0 spiro atoms. The topological polar surface area (TPSA) is 77.1 Å². The molecule has 3 rings (SSSR count). The van der Waals surface area contributed by atoms with Gasteiger partial charge >= 0.3 is 0 Å². The minimum atomic E-state index is -0.259. The van der Waals surface area contributed by atoms with Gasteiger partial charge in [-0.1, -0.05) is 6.07 Å². The van der Waals surface area contributed by atoms with E-state index in [0.717, 1.165) is 18.4 Å². The van der Waals surface area contributed by atoms with Crippen molar-refractivity contribution >= 4 is 11.8 Å². The second-order valence-electron chi connectivity index (χ2n) is 7.02. The van der Waals surface area contributed by atoms with Gasteiger partial charge in [0.25, 0.3) is 0 Å². The summed E-state index contributed by atoms with van der Waals surface area (Å²) in [6.45, 7) is 2.43. The predicted octanol–water partition coefficient (Wildman–Crippen LogP) is 1.39. The van der Waals surface area contributed by atoms with Gasteiger partial charge in [-0.15, -0.1) is 0 Å². The minimum Gasteiger partial charge on any atom is -0.493 e. The summed E-state index contributed by atoms with van der Waals surface area (Å²) in [5.74, 6) is 1.14. The number of benzene rings is 1. The lowest BCUT2D eigenvalue weighted by Gasteiger charge is -2.31. The first-order valence-corrected chi connectivity index (χ1v) is 9.48. The van der Waals surface area contributed by atoms with Crippen LogP contribution in [0.2, 0.25) is 0 Å². The van der Waals surface area contributed by atoms with Gasteiger partial charge in [0.15, 0.2) is 11.5 Å². The van der Waals surface area contributed by atoms with Gasteiger partial charge in [0.05, 0.1) is 20.1 Å². The van der Waals surface area contributed by atoms with Crippen LogP contribution < -0.4 is 14.8 Å². The van der Waals surface area contributed by atoms with E-state index in [1.54, 1.807) is 14.2 Å². The molecule has 1 aromatic carbocycles. The van der Waals surface area contributed by atoms with Gasteiger partial charge in [0, 0.05) is 38.8 Å². The number of hydrogen-bond donors (Lipinski definition) is 1. The van der Waals surface area contributed by atoms with Crippen LogP contribution >= 0.6 is 0 Å². The van der Waals surface area contributed by atoms with E-state index in [9.17, 15) is 9.59 Å². The largest absolute Gasteiger partial charge is 0.493 e. The summed E-state index contributed by atoms with van der Waals surface area (Å²) >= 11 is 0. The van der Waals surface area contributed by atoms with Crippen LogP contribution in [-0.4, -0.2) is 63.3 Å². The molecule has 0 saturated carbocycles. The highest BCUT2D eigenvalue weighted by atomic mass is 16.5. The second-order valence-corrected chi connectivity index (χ2v) is 7.02. The van der Waals surface area contributed by atoms with Crippen molar-refractivity contribution in [2.75, 3.05) is 40.5 Å². The average Bonchev–Trinajstić information content (AvgIpc) is 3.10. The standard InChI is InChI=1S/C20H28N2O5/c1-25-17-4-3-14(11-18(17)26-2)5-8-21-20(24)15-12-19(23)22(13-15)16-6-9-27-10-7-16/h3-4,11,15-16H,5-10,12-13H2,1-2H3,(H,21,24). The number of carbonyl (C=O) groups excluding carboxylic acids is 2. The Hall–Kier alpha value is -2.28. The van der Waals surface area contributed by atoms with Crippen molar-refractivity contribution in [2.45, 2.75) is 31.7 Å². The maximum Gasteiger partial charge on any atom is 0.225 e. The first-order valence-electron chi connectivity index (χ1n) is 9.48. The fourth-order valence-corrected chi connectivity index (χ4v) is 3.77. The molecule has 1 aromatic rings. The molecule has 2 aliphatic rings. The summed E-state index contributed by atoms with van der Waals surface area (Å²) in [6.07, 6.45) is 2.72. The van der Waals surface area contributed by atoms with E-state index in [1.807, 2.05) is 23.1 Å². The Balaban J connectivity index is 1.47. The van der Waals surface area contributed by atoms with E-state index in [4.69, 9.17) is 14.2 Å². The number of likely N-dealkylation sites (tertiary alicyclic amines) is 1. The predicted molar refractivity (Wildman–Crippen MR) is 99.9 cm³/mol. The van der Waals surface area contributed by atoms with Crippen molar-refractivity contribution in [2.24, 2.45) is 5.92 Å². The summed E-state index contributed by atoms with van der Waals surface area (Å²) in [4.78, 5) is 26.6. The van der Waals surface area contributed by atoms with Crippen LogP contribution in [0.5, 0.6) is 11.5 Å². The molecule has 1 atom stereocenters. The first-order chi connectivity index (χ1) is 13.1. The normalized spacial score (nSPS) is 20.6. The molecule has 2 fully saturated rings. The van der Waals surface area contributed by atoms with Gasteiger partial charge in [-0.25, -0.2) is 0 Å². The molecule has 0 bridgehead atoms. The number of ether oxygens (including phenoxy) is 3. The van der Waals surface area contributed by atoms with E-state index < -0.39 is 0 Å². The van der Waals surface area contributed by atoms with E-state index in [-0.39, 0.29) is 23.8 Å². The summed E-state index contributed by atoms with van der Waals surface area (Å²) in [5.41, 5.74) is 1.05. The Morgan fingerprint density at radius 2 is 1.96 bits per heavy atom. The maximum atomic E-state index is 12.5. The molecule has 0 aliphatic carbocycles. The summed E-state index contributed by atoms with van der Waals surface area (Å²) in [5, 5.41) is 2.97. The van der Waals surface area contributed by atoms with Crippen molar-refractivity contribution < 1.29 is 23.8 Å². The number of nitrogens with zero attached hydrogens (tertiary/aromatic N) is 1. The number of hydrogen-bond acceptors (Lipinski definition) is 5. The maximum absolute atomic E-state index is 12.5. The fourth-order valence-electron chi connectivity index (χ4n) is 3.77. The second kappa shape index (κ2) is 9.08. The Morgan fingerprint density at radius 3 is 2.67 bits per heavy atom. The lowest BCUT2D eigenvalue weighted by Crippen LogP contribution is -2.41. The smallest absolute Gasteiger partial charge is 0.225 e. The molecule has 7 heteroatoms. The van der Waals surface area contributed by atoms with Crippen molar-refractivity contribution in [1.82, 2.24) is 10.2 Å². The highest BCUT2D eigenvalue weighted by molar-refractivity contribution is 5.89. The molecule has 2 aliphatic heterocycles. The summed E-state index contributed by atoms with van der Waals surface area (Å²) in [6, 6.07) is 5.95. The summed E-state index contributed by atoms with van der Waals surface area (Å²) < 4.78 is 15.9. The van der Waals surface area contributed by atoms with Crippen molar-refractivity contribution in [3.05, 3.63) is 23.8 Å². The first kappa shape index (κ1) is 19.5. The molecule has 2 amide bonds. The molecule has 0 radical (unpaired) electrons. The van der Waals surface area contributed by atoms with Crippen LogP contribution in [0.4, 0.5) is 0 Å². The van der Waals surface area contributed by atoms with Gasteiger partial charge in [0.1, 0.15) is 0 Å². The van der Waals surface area contributed by atoms with E-state index >= 15 is 0 Å². The third kappa shape index (κ3) is 4.71.